The summed E-state index contributed by atoms with van der Waals surface area (Å²) in [4.78, 5) is 15.6. The molecule has 2 N–H and O–H groups in total. The maximum atomic E-state index is 4.55. The molecule has 1 aliphatic rings. The van der Waals surface area contributed by atoms with Crippen molar-refractivity contribution in [1.82, 2.24) is 15.0 Å². The molecule has 0 aromatic carbocycles. The summed E-state index contributed by atoms with van der Waals surface area (Å²) in [5.74, 6) is 2.00. The molecule has 1 saturated heterocycles. The van der Waals surface area contributed by atoms with Crippen molar-refractivity contribution >= 4 is 29.2 Å². The van der Waals surface area contributed by atoms with Crippen molar-refractivity contribution in [1.29, 1.82) is 0 Å². The minimum atomic E-state index is 0.608. The lowest BCUT2D eigenvalue weighted by Crippen LogP contribution is -2.22. The topological polar surface area (TPSA) is 66.0 Å². The number of nitrogens with zero attached hydrogens (tertiary/aromatic N) is 4. The Labute approximate surface area is 128 Å². The Morgan fingerprint density at radius 2 is 1.90 bits per heavy atom. The van der Waals surface area contributed by atoms with Gasteiger partial charge in [-0.15, -0.1) is 0 Å². The van der Waals surface area contributed by atoms with Crippen LogP contribution in [0.4, 0.5) is 17.8 Å². The highest BCUT2D eigenvalue weighted by atomic mass is 32.1. The summed E-state index contributed by atoms with van der Waals surface area (Å²) in [6.45, 7) is 4.91. The van der Waals surface area contributed by atoms with Crippen LogP contribution in [0.25, 0.3) is 0 Å². The average Bonchev–Trinajstić information content (AvgIpc) is 3.16. The molecule has 6 nitrogen and oxygen atoms in total. The largest absolute Gasteiger partial charge is 0.357 e. The summed E-state index contributed by atoms with van der Waals surface area (Å²) in [5, 5.41) is 10.6. The van der Waals surface area contributed by atoms with Crippen LogP contribution in [0, 0.1) is 6.92 Å². The Balaban J connectivity index is 1.77. The van der Waals surface area contributed by atoms with Gasteiger partial charge in [-0.1, -0.05) is 0 Å². The molecule has 7 heteroatoms. The predicted molar refractivity (Wildman–Crippen MR) is 87.2 cm³/mol. The van der Waals surface area contributed by atoms with Gasteiger partial charge in [0, 0.05) is 26.7 Å². The van der Waals surface area contributed by atoms with Crippen molar-refractivity contribution < 1.29 is 0 Å². The van der Waals surface area contributed by atoms with Crippen molar-refractivity contribution in [3.05, 3.63) is 21.9 Å². The molecule has 1 aliphatic heterocycles. The first-order valence-corrected chi connectivity index (χ1v) is 8.15. The van der Waals surface area contributed by atoms with Crippen LogP contribution in [0.1, 0.15) is 24.0 Å². The molecule has 1 fully saturated rings. The molecular weight excluding hydrogens is 284 g/mol. The minimum Gasteiger partial charge on any atom is -0.357 e. The van der Waals surface area contributed by atoms with E-state index in [0.717, 1.165) is 25.6 Å². The van der Waals surface area contributed by atoms with E-state index in [-0.39, 0.29) is 0 Å². The number of hydrogen-bond donors (Lipinski definition) is 2. The highest BCUT2D eigenvalue weighted by molar-refractivity contribution is 7.08. The van der Waals surface area contributed by atoms with E-state index in [4.69, 9.17) is 0 Å². The molecule has 0 amide bonds. The fourth-order valence-electron chi connectivity index (χ4n) is 2.36. The molecular formula is C14H20N6S. The van der Waals surface area contributed by atoms with Gasteiger partial charge in [-0.25, -0.2) is 0 Å². The molecule has 0 bridgehead atoms. The summed E-state index contributed by atoms with van der Waals surface area (Å²) in [6.07, 6.45) is 2.41. The van der Waals surface area contributed by atoms with Crippen LogP contribution in [0.15, 0.2) is 10.8 Å². The summed E-state index contributed by atoms with van der Waals surface area (Å²) in [7, 11) is 1.83. The van der Waals surface area contributed by atoms with Crippen molar-refractivity contribution in [2.75, 3.05) is 35.7 Å². The van der Waals surface area contributed by atoms with Crippen LogP contribution in [0.5, 0.6) is 0 Å². The molecule has 2 aromatic heterocycles. The first kappa shape index (κ1) is 14.1. The lowest BCUT2D eigenvalue weighted by atomic mass is 10.2. The second-order valence-electron chi connectivity index (χ2n) is 5.16. The van der Waals surface area contributed by atoms with Gasteiger partial charge in [0.15, 0.2) is 0 Å². The predicted octanol–water partition coefficient (Wildman–Crippen LogP) is 2.50. The molecule has 0 unspecified atom stereocenters. The monoisotopic (exact) mass is 304 g/mol. The van der Waals surface area contributed by atoms with Crippen molar-refractivity contribution in [2.24, 2.45) is 0 Å². The van der Waals surface area contributed by atoms with Crippen LogP contribution in [0.2, 0.25) is 0 Å². The van der Waals surface area contributed by atoms with Crippen LogP contribution >= 0.6 is 11.3 Å². The van der Waals surface area contributed by atoms with Crippen LogP contribution in [-0.4, -0.2) is 35.1 Å². The van der Waals surface area contributed by atoms with Gasteiger partial charge in [-0.05, 0) is 41.7 Å². The second-order valence-corrected chi connectivity index (χ2v) is 5.90. The number of aryl methyl sites for hydroxylation is 1. The third kappa shape index (κ3) is 3.24. The summed E-state index contributed by atoms with van der Waals surface area (Å²) >= 11 is 1.72. The smallest absolute Gasteiger partial charge is 0.231 e. The van der Waals surface area contributed by atoms with Gasteiger partial charge in [0.2, 0.25) is 17.8 Å². The SMILES string of the molecule is CNc1nc(NCc2cscc2C)nc(N2CCCC2)n1. The first-order valence-electron chi connectivity index (χ1n) is 7.20. The third-order valence-electron chi connectivity index (χ3n) is 3.63. The van der Waals surface area contributed by atoms with Gasteiger partial charge in [-0.2, -0.15) is 26.3 Å². The minimum absolute atomic E-state index is 0.608. The quantitative estimate of drug-likeness (QED) is 0.885. The highest BCUT2D eigenvalue weighted by Gasteiger charge is 2.17. The number of anilines is 3. The van der Waals surface area contributed by atoms with Gasteiger partial charge in [0.25, 0.3) is 0 Å². The second kappa shape index (κ2) is 6.26. The summed E-state index contributed by atoms with van der Waals surface area (Å²) in [6, 6.07) is 0. The van der Waals surface area contributed by atoms with Crippen molar-refractivity contribution in [2.45, 2.75) is 26.3 Å². The van der Waals surface area contributed by atoms with E-state index >= 15 is 0 Å². The van der Waals surface area contributed by atoms with Gasteiger partial charge in [0.05, 0.1) is 0 Å². The molecule has 112 valence electrons. The Morgan fingerprint density at radius 1 is 1.14 bits per heavy atom. The van der Waals surface area contributed by atoms with E-state index in [0.29, 0.717) is 11.9 Å². The van der Waals surface area contributed by atoms with Crippen molar-refractivity contribution in [3.63, 3.8) is 0 Å². The number of rotatable bonds is 5. The molecule has 3 heterocycles. The Kier molecular flexibility index (Phi) is 4.19. The summed E-state index contributed by atoms with van der Waals surface area (Å²) < 4.78 is 0. The van der Waals surface area contributed by atoms with Gasteiger partial charge in [0.1, 0.15) is 0 Å². The standard InChI is InChI=1S/C14H20N6S/c1-10-8-21-9-11(10)7-16-13-17-12(15-2)18-14(19-13)20-5-3-4-6-20/h8-9H,3-7H2,1-2H3,(H2,15,16,17,18,19). The Bertz CT molecular complexity index is 605. The van der Waals surface area contributed by atoms with E-state index in [1.807, 2.05) is 7.05 Å². The van der Waals surface area contributed by atoms with E-state index in [9.17, 15) is 0 Å². The highest BCUT2D eigenvalue weighted by Crippen LogP contribution is 2.19. The number of hydrogen-bond acceptors (Lipinski definition) is 7. The lowest BCUT2D eigenvalue weighted by molar-refractivity contribution is 0.878. The third-order valence-corrected chi connectivity index (χ3v) is 4.54. The maximum Gasteiger partial charge on any atom is 0.231 e. The van der Waals surface area contributed by atoms with E-state index in [1.54, 1.807) is 11.3 Å². The first-order chi connectivity index (χ1) is 10.3. The molecule has 21 heavy (non-hydrogen) atoms. The molecule has 2 aromatic rings. The van der Waals surface area contributed by atoms with Crippen LogP contribution < -0.4 is 15.5 Å². The average molecular weight is 304 g/mol. The molecule has 0 aliphatic carbocycles. The van der Waals surface area contributed by atoms with Gasteiger partial charge < -0.3 is 15.5 Å². The Hall–Kier alpha value is -1.89. The molecule has 0 atom stereocenters. The molecule has 0 radical (unpaired) electrons. The zero-order chi connectivity index (χ0) is 14.7. The number of aromatic nitrogens is 3. The Morgan fingerprint density at radius 3 is 2.57 bits per heavy atom. The van der Waals surface area contributed by atoms with Gasteiger partial charge >= 0.3 is 0 Å². The van der Waals surface area contributed by atoms with Crippen molar-refractivity contribution in [3.8, 4) is 0 Å². The molecule has 0 spiro atoms. The molecule has 0 saturated carbocycles. The van der Waals surface area contributed by atoms with E-state index in [2.05, 4.69) is 48.2 Å². The van der Waals surface area contributed by atoms with Crippen LogP contribution in [0.3, 0.4) is 0 Å². The summed E-state index contributed by atoms with van der Waals surface area (Å²) in [5.41, 5.74) is 2.59. The lowest BCUT2D eigenvalue weighted by Gasteiger charge is -2.16. The molecule has 3 rings (SSSR count). The van der Waals surface area contributed by atoms with Gasteiger partial charge in [-0.3, -0.25) is 0 Å². The zero-order valence-electron chi connectivity index (χ0n) is 12.4. The fraction of sp³-hybridized carbons (Fsp3) is 0.500. The number of thiophene rings is 1. The van der Waals surface area contributed by atoms with Crippen LogP contribution in [-0.2, 0) is 6.54 Å². The maximum absolute atomic E-state index is 4.55. The zero-order valence-corrected chi connectivity index (χ0v) is 13.2. The number of nitrogens with one attached hydrogen (secondary N) is 2. The normalized spacial score (nSPS) is 14.5. The van der Waals surface area contributed by atoms with E-state index in [1.165, 1.54) is 24.0 Å². The van der Waals surface area contributed by atoms with E-state index < -0.39 is 0 Å². The fourth-order valence-corrected chi connectivity index (χ4v) is 3.21.